The molecular weight excluding hydrogens is 280 g/mol. The maximum absolute atomic E-state index is 8.95. The molecule has 0 aliphatic carbocycles. The molecule has 0 fully saturated rings. The van der Waals surface area contributed by atoms with Crippen molar-refractivity contribution in [1.29, 1.82) is 0 Å². The number of rotatable bonds is 2. The van der Waals surface area contributed by atoms with Gasteiger partial charge in [0.15, 0.2) is 0 Å². The number of aromatic nitrogens is 1. The monoisotopic (exact) mass is 287 g/mol. The molecule has 2 aromatic rings. The van der Waals surface area contributed by atoms with E-state index in [0.717, 1.165) is 11.1 Å². The van der Waals surface area contributed by atoms with Gasteiger partial charge in [-0.15, -0.1) is 0 Å². The molecule has 0 atom stereocenters. The lowest BCUT2D eigenvalue weighted by Gasteiger charge is -2.06. The second kappa shape index (κ2) is 5.23. The van der Waals surface area contributed by atoms with Gasteiger partial charge in [-0.05, 0) is 11.6 Å². The van der Waals surface area contributed by atoms with Crippen molar-refractivity contribution in [2.45, 2.75) is 6.61 Å². The van der Waals surface area contributed by atoms with Crippen molar-refractivity contribution in [3.63, 3.8) is 0 Å². The second-order valence-corrected chi connectivity index (χ2v) is 4.62. The molecule has 2 rings (SSSR count). The molecule has 1 aromatic carbocycles. The first-order chi connectivity index (χ1) is 8.11. The summed E-state index contributed by atoms with van der Waals surface area (Å²) in [6, 6.07) is 8.81. The van der Waals surface area contributed by atoms with Crippen molar-refractivity contribution in [1.82, 2.24) is 4.98 Å². The molecule has 17 heavy (non-hydrogen) atoms. The third kappa shape index (κ3) is 2.72. The number of hydrogen-bond donors (Lipinski definition) is 1. The number of halogens is 3. The lowest BCUT2D eigenvalue weighted by molar-refractivity contribution is 0.282. The van der Waals surface area contributed by atoms with Crippen LogP contribution in [0.4, 0.5) is 0 Å². The third-order valence-corrected chi connectivity index (χ3v) is 3.26. The number of hydrogen-bond acceptors (Lipinski definition) is 2. The molecule has 1 heterocycles. The third-order valence-electron chi connectivity index (χ3n) is 2.30. The van der Waals surface area contributed by atoms with Gasteiger partial charge < -0.3 is 5.11 Å². The van der Waals surface area contributed by atoms with E-state index in [0.29, 0.717) is 15.7 Å². The highest BCUT2D eigenvalue weighted by Crippen LogP contribution is 2.32. The minimum absolute atomic E-state index is 0.00279. The van der Waals surface area contributed by atoms with Crippen LogP contribution in [0.2, 0.25) is 15.2 Å². The zero-order chi connectivity index (χ0) is 12.4. The molecule has 0 aliphatic heterocycles. The Morgan fingerprint density at radius 2 is 1.65 bits per heavy atom. The van der Waals surface area contributed by atoms with Crippen LogP contribution in [0.1, 0.15) is 5.56 Å². The molecule has 0 radical (unpaired) electrons. The van der Waals surface area contributed by atoms with Crippen LogP contribution in [-0.4, -0.2) is 10.1 Å². The Bertz CT molecular complexity index is 540. The van der Waals surface area contributed by atoms with Gasteiger partial charge >= 0.3 is 0 Å². The summed E-state index contributed by atoms with van der Waals surface area (Å²) in [5, 5.41) is 9.94. The largest absolute Gasteiger partial charge is 0.392 e. The Morgan fingerprint density at radius 3 is 2.24 bits per heavy atom. The lowest BCUT2D eigenvalue weighted by atomic mass is 10.1. The van der Waals surface area contributed by atoms with Crippen LogP contribution < -0.4 is 0 Å². The van der Waals surface area contributed by atoms with E-state index in [2.05, 4.69) is 4.98 Å². The van der Waals surface area contributed by atoms with Gasteiger partial charge in [0.2, 0.25) is 0 Å². The highest BCUT2D eigenvalue weighted by Gasteiger charge is 2.09. The quantitative estimate of drug-likeness (QED) is 0.840. The average molecular weight is 289 g/mol. The number of nitrogens with zero attached hydrogens (tertiary/aromatic N) is 1. The summed E-state index contributed by atoms with van der Waals surface area (Å²) in [5.74, 6) is 0. The van der Waals surface area contributed by atoms with Gasteiger partial charge in [0.05, 0.1) is 22.3 Å². The van der Waals surface area contributed by atoms with Crippen LogP contribution >= 0.6 is 34.8 Å². The highest BCUT2D eigenvalue weighted by atomic mass is 35.5. The van der Waals surface area contributed by atoms with E-state index in [1.807, 2.05) is 12.1 Å². The van der Waals surface area contributed by atoms with Crippen molar-refractivity contribution in [3.8, 4) is 11.3 Å². The molecule has 5 heteroatoms. The van der Waals surface area contributed by atoms with Gasteiger partial charge in [-0.2, -0.15) is 0 Å². The molecule has 2 nitrogen and oxygen atoms in total. The summed E-state index contributed by atoms with van der Waals surface area (Å²) in [4.78, 5) is 4.14. The summed E-state index contributed by atoms with van der Waals surface area (Å²) >= 11 is 17.7. The molecule has 0 unspecified atom stereocenters. The highest BCUT2D eigenvalue weighted by molar-refractivity contribution is 6.42. The fourth-order valence-electron chi connectivity index (χ4n) is 1.41. The number of benzene rings is 1. The average Bonchev–Trinajstić information content (AvgIpc) is 2.34. The standard InChI is InChI=1S/C12H8Cl3NO/c13-9-5-10(14)12(15)16-11(9)8-3-1-7(6-17)2-4-8/h1-5,17H,6H2. The topological polar surface area (TPSA) is 33.1 Å². The second-order valence-electron chi connectivity index (χ2n) is 3.45. The fraction of sp³-hybridized carbons (Fsp3) is 0.0833. The summed E-state index contributed by atoms with van der Waals surface area (Å²) in [7, 11) is 0. The minimum atomic E-state index is 0.00279. The smallest absolute Gasteiger partial charge is 0.148 e. The van der Waals surface area contributed by atoms with E-state index in [9.17, 15) is 0 Å². The minimum Gasteiger partial charge on any atom is -0.392 e. The van der Waals surface area contributed by atoms with E-state index in [4.69, 9.17) is 39.9 Å². The summed E-state index contributed by atoms with van der Waals surface area (Å²) in [5.41, 5.74) is 2.22. The van der Waals surface area contributed by atoms with E-state index in [1.54, 1.807) is 18.2 Å². The fourth-order valence-corrected chi connectivity index (χ4v) is 2.02. The molecular formula is C12H8Cl3NO. The molecule has 0 amide bonds. The van der Waals surface area contributed by atoms with E-state index < -0.39 is 0 Å². The normalized spacial score (nSPS) is 10.6. The SMILES string of the molecule is OCc1ccc(-c2nc(Cl)c(Cl)cc2Cl)cc1. The number of pyridine rings is 1. The molecule has 0 saturated heterocycles. The molecule has 88 valence electrons. The lowest BCUT2D eigenvalue weighted by Crippen LogP contribution is -1.88. The van der Waals surface area contributed by atoms with E-state index in [-0.39, 0.29) is 11.8 Å². The van der Waals surface area contributed by atoms with Crippen LogP contribution in [0.25, 0.3) is 11.3 Å². The maximum Gasteiger partial charge on any atom is 0.148 e. The summed E-state index contributed by atoms with van der Waals surface area (Å²) in [6.07, 6.45) is 0. The Labute approximate surface area is 114 Å². The molecule has 1 aromatic heterocycles. The first-order valence-corrected chi connectivity index (χ1v) is 5.97. The predicted molar refractivity (Wildman–Crippen MR) is 70.6 cm³/mol. The molecule has 0 aliphatic rings. The van der Waals surface area contributed by atoms with Crippen LogP contribution in [0.15, 0.2) is 30.3 Å². The zero-order valence-corrected chi connectivity index (χ0v) is 10.9. The Balaban J connectivity index is 2.48. The Morgan fingerprint density at radius 1 is 1.00 bits per heavy atom. The van der Waals surface area contributed by atoms with Gasteiger partial charge in [-0.3, -0.25) is 0 Å². The Hall–Kier alpha value is -0.800. The van der Waals surface area contributed by atoms with Gasteiger partial charge in [-0.25, -0.2) is 4.98 Å². The predicted octanol–water partition coefficient (Wildman–Crippen LogP) is 4.20. The zero-order valence-electron chi connectivity index (χ0n) is 8.62. The Kier molecular flexibility index (Phi) is 3.89. The van der Waals surface area contributed by atoms with Gasteiger partial charge in [0, 0.05) is 5.56 Å². The van der Waals surface area contributed by atoms with Crippen molar-refractivity contribution >= 4 is 34.8 Å². The van der Waals surface area contributed by atoms with Crippen LogP contribution in [0.5, 0.6) is 0 Å². The molecule has 0 bridgehead atoms. The maximum atomic E-state index is 8.95. The van der Waals surface area contributed by atoms with Crippen LogP contribution in [0, 0.1) is 0 Å². The summed E-state index contributed by atoms with van der Waals surface area (Å²) < 4.78 is 0. The first-order valence-electron chi connectivity index (χ1n) is 4.83. The number of aliphatic hydroxyl groups excluding tert-OH is 1. The van der Waals surface area contributed by atoms with E-state index >= 15 is 0 Å². The van der Waals surface area contributed by atoms with Crippen LogP contribution in [-0.2, 0) is 6.61 Å². The van der Waals surface area contributed by atoms with Crippen molar-refractivity contribution in [3.05, 3.63) is 51.1 Å². The number of aliphatic hydroxyl groups is 1. The van der Waals surface area contributed by atoms with Gasteiger partial charge in [-0.1, -0.05) is 59.1 Å². The molecule has 0 spiro atoms. The molecule has 0 saturated carbocycles. The van der Waals surface area contributed by atoms with E-state index in [1.165, 1.54) is 0 Å². The van der Waals surface area contributed by atoms with Crippen molar-refractivity contribution in [2.24, 2.45) is 0 Å². The summed E-state index contributed by atoms with van der Waals surface area (Å²) in [6.45, 7) is 0.00279. The van der Waals surface area contributed by atoms with Gasteiger partial charge in [0.1, 0.15) is 5.15 Å². The molecule has 1 N–H and O–H groups in total. The van der Waals surface area contributed by atoms with Crippen molar-refractivity contribution < 1.29 is 5.11 Å². The van der Waals surface area contributed by atoms with Gasteiger partial charge in [0.25, 0.3) is 0 Å². The van der Waals surface area contributed by atoms with Crippen molar-refractivity contribution in [2.75, 3.05) is 0 Å². The van der Waals surface area contributed by atoms with Crippen LogP contribution in [0.3, 0.4) is 0 Å². The first kappa shape index (κ1) is 12.7.